The Morgan fingerprint density at radius 3 is 2.50 bits per heavy atom. The summed E-state index contributed by atoms with van der Waals surface area (Å²) >= 11 is 12.7. The predicted molar refractivity (Wildman–Crippen MR) is 140 cm³/mol. The Balaban J connectivity index is 1.63. The quantitative estimate of drug-likeness (QED) is 0.290. The molecule has 0 N–H and O–H groups in total. The van der Waals surface area contributed by atoms with Gasteiger partial charge < -0.3 is 4.90 Å². The van der Waals surface area contributed by atoms with Crippen molar-refractivity contribution in [2.24, 2.45) is 0 Å². The average Bonchev–Trinajstić information content (AvgIpc) is 3.14. The molecule has 0 bridgehead atoms. The Hall–Kier alpha value is -0.641. The molecule has 32 heavy (non-hydrogen) atoms. The Kier molecular flexibility index (Phi) is 7.59. The van der Waals surface area contributed by atoms with Crippen molar-refractivity contribution in [1.29, 1.82) is 0 Å². The zero-order valence-corrected chi connectivity index (χ0v) is 24.5. The molecule has 1 aromatic carbocycles. The van der Waals surface area contributed by atoms with Crippen LogP contribution in [-0.2, 0) is 0 Å². The summed E-state index contributed by atoms with van der Waals surface area (Å²) in [7, 11) is 2.17. The van der Waals surface area contributed by atoms with Crippen LogP contribution in [0, 0.1) is 6.92 Å². The minimum atomic E-state index is -2.47. The van der Waals surface area contributed by atoms with Gasteiger partial charge in [-0.1, -0.05) is 0 Å². The van der Waals surface area contributed by atoms with Crippen LogP contribution in [0.15, 0.2) is 18.5 Å². The number of nitrogens with zero attached hydrogens (tertiary/aromatic N) is 4. The van der Waals surface area contributed by atoms with Gasteiger partial charge in [-0.25, -0.2) is 0 Å². The number of rotatable bonds is 6. The van der Waals surface area contributed by atoms with Crippen LogP contribution in [0.3, 0.4) is 0 Å². The Morgan fingerprint density at radius 1 is 1.09 bits per heavy atom. The Bertz CT molecular complexity index is 1120. The number of fused-ring (bicyclic) bond motifs is 1. The molecule has 0 spiro atoms. The summed E-state index contributed by atoms with van der Waals surface area (Å²) in [5, 5.41) is 2.12. The van der Waals surface area contributed by atoms with Gasteiger partial charge >= 0.3 is 198 Å². The molecule has 1 saturated heterocycles. The van der Waals surface area contributed by atoms with E-state index in [0.29, 0.717) is 16.8 Å². The first-order valence-corrected chi connectivity index (χ1v) is 22.5. The summed E-state index contributed by atoms with van der Waals surface area (Å²) in [4.78, 5) is 21.8. The van der Waals surface area contributed by atoms with E-state index in [1.54, 1.807) is 17.7 Å². The van der Waals surface area contributed by atoms with E-state index in [-0.39, 0.29) is 0 Å². The zero-order chi connectivity index (χ0) is 23.0. The van der Waals surface area contributed by atoms with Gasteiger partial charge in [-0.15, -0.1) is 0 Å². The number of benzene rings is 1. The molecule has 2 aromatic heterocycles. The SMILES string of the molecule is Cc1c(-c2[c]([Sn]([CH3])([CH3])[CH3])sc3ncnc(Cl)c23)ccc(OCCN2CCN(C)CC2)c1Cl. The maximum atomic E-state index is 6.82. The van der Waals surface area contributed by atoms with Gasteiger partial charge in [0.2, 0.25) is 0 Å². The molecule has 0 aliphatic carbocycles. The van der Waals surface area contributed by atoms with Gasteiger partial charge in [-0.3, -0.25) is 0 Å². The van der Waals surface area contributed by atoms with Crippen LogP contribution in [-0.4, -0.2) is 84.5 Å². The van der Waals surface area contributed by atoms with E-state index >= 15 is 0 Å². The van der Waals surface area contributed by atoms with E-state index in [4.69, 9.17) is 27.9 Å². The van der Waals surface area contributed by atoms with Crippen LogP contribution in [0.5, 0.6) is 5.75 Å². The molecule has 172 valence electrons. The van der Waals surface area contributed by atoms with Crippen molar-refractivity contribution in [3.8, 4) is 16.9 Å². The molecule has 0 atom stereocenters. The fraction of sp³-hybridized carbons (Fsp3) is 0.478. The first-order valence-electron chi connectivity index (χ1n) is 10.9. The second kappa shape index (κ2) is 9.92. The van der Waals surface area contributed by atoms with Crippen molar-refractivity contribution in [3.05, 3.63) is 34.2 Å². The summed E-state index contributed by atoms with van der Waals surface area (Å²) in [6.07, 6.45) is 1.55. The van der Waals surface area contributed by atoms with Crippen molar-refractivity contribution < 1.29 is 4.74 Å². The average molecular weight is 600 g/mol. The maximum absolute atomic E-state index is 6.82. The van der Waals surface area contributed by atoms with Crippen LogP contribution in [0.2, 0.25) is 25.0 Å². The fourth-order valence-electron chi connectivity index (χ4n) is 4.08. The summed E-state index contributed by atoms with van der Waals surface area (Å²) in [5.74, 6) is 0.741. The first kappa shape index (κ1) is 24.5. The molecule has 1 fully saturated rings. The van der Waals surface area contributed by atoms with E-state index in [0.717, 1.165) is 59.8 Å². The molecule has 0 amide bonds. The van der Waals surface area contributed by atoms with Gasteiger partial charge in [0.05, 0.1) is 0 Å². The van der Waals surface area contributed by atoms with E-state index in [1.807, 2.05) is 6.07 Å². The second-order valence-corrected chi connectivity index (χ2v) is 26.5. The molecule has 0 unspecified atom stereocenters. The minimum absolute atomic E-state index is 0.506. The Morgan fingerprint density at radius 2 is 1.81 bits per heavy atom. The molecule has 4 rings (SSSR count). The number of likely N-dealkylation sites (N-methyl/N-ethyl adjacent to an activating group) is 1. The molecule has 0 saturated carbocycles. The number of aromatic nitrogens is 2. The molecule has 1 aliphatic rings. The third kappa shape index (κ3) is 5.05. The monoisotopic (exact) mass is 600 g/mol. The van der Waals surface area contributed by atoms with Gasteiger partial charge in [0.1, 0.15) is 0 Å². The van der Waals surface area contributed by atoms with Gasteiger partial charge in [-0.05, 0) is 7.05 Å². The third-order valence-corrected chi connectivity index (χ3v) is 17.3. The number of piperazine rings is 1. The van der Waals surface area contributed by atoms with Crippen molar-refractivity contribution in [3.63, 3.8) is 0 Å². The number of thiophene rings is 1. The third-order valence-electron chi connectivity index (χ3n) is 6.00. The molecular formula is C23H30Cl2N4OSSn. The summed E-state index contributed by atoms with van der Waals surface area (Å²) in [6, 6.07) is 4.12. The van der Waals surface area contributed by atoms with Crippen LogP contribution in [0.25, 0.3) is 21.3 Å². The number of halogens is 2. The Labute approximate surface area is 208 Å². The van der Waals surface area contributed by atoms with E-state index < -0.39 is 18.4 Å². The first-order chi connectivity index (χ1) is 15.2. The van der Waals surface area contributed by atoms with E-state index in [1.165, 1.54) is 8.46 Å². The van der Waals surface area contributed by atoms with Crippen LogP contribution in [0.4, 0.5) is 0 Å². The summed E-state index contributed by atoms with van der Waals surface area (Å²) in [6.45, 7) is 7.99. The summed E-state index contributed by atoms with van der Waals surface area (Å²) < 4.78 is 7.54. The van der Waals surface area contributed by atoms with Crippen molar-refractivity contribution in [1.82, 2.24) is 19.8 Å². The number of hydrogen-bond acceptors (Lipinski definition) is 6. The van der Waals surface area contributed by atoms with Crippen LogP contribution >= 0.6 is 34.5 Å². The molecule has 0 radical (unpaired) electrons. The second-order valence-electron chi connectivity index (χ2n) is 9.44. The van der Waals surface area contributed by atoms with Gasteiger partial charge in [-0.2, -0.15) is 0 Å². The standard InChI is InChI=1S/C20H21Cl2N4OS.3CH3.Sn/c1-13-14(15-11-28-20-17(15)19(22)23-12-24-20)3-4-16(18(13)21)27-10-9-26-7-5-25(2)6-8-26;;;;/h3-4,12H,5-10H2,1-2H3;3*1H3;. The van der Waals surface area contributed by atoms with Crippen LogP contribution in [0.1, 0.15) is 5.56 Å². The normalized spacial score (nSPS) is 16.1. The number of hydrogen-bond donors (Lipinski definition) is 0. The van der Waals surface area contributed by atoms with Gasteiger partial charge in [0.15, 0.2) is 0 Å². The molecular weight excluding hydrogens is 570 g/mol. The molecule has 1 aliphatic heterocycles. The van der Waals surface area contributed by atoms with Crippen LogP contribution < -0.4 is 7.63 Å². The fourth-order valence-corrected chi connectivity index (χ4v) is 12.1. The molecule has 3 aromatic rings. The predicted octanol–water partition coefficient (Wildman–Crippen LogP) is 5.14. The zero-order valence-electron chi connectivity index (χ0n) is 19.3. The topological polar surface area (TPSA) is 41.5 Å². The summed E-state index contributed by atoms with van der Waals surface area (Å²) in [5.41, 5.74) is 3.29. The molecule has 3 heterocycles. The van der Waals surface area contributed by atoms with Crippen molar-refractivity contribution >= 4 is 66.0 Å². The van der Waals surface area contributed by atoms with E-state index in [9.17, 15) is 0 Å². The van der Waals surface area contributed by atoms with Gasteiger partial charge in [0.25, 0.3) is 0 Å². The van der Waals surface area contributed by atoms with Crippen molar-refractivity contribution in [2.75, 3.05) is 46.4 Å². The van der Waals surface area contributed by atoms with Crippen molar-refractivity contribution in [2.45, 2.75) is 21.7 Å². The van der Waals surface area contributed by atoms with Gasteiger partial charge in [0, 0.05) is 0 Å². The molecule has 5 nitrogen and oxygen atoms in total. The number of ether oxygens (including phenoxy) is 1. The van der Waals surface area contributed by atoms with E-state index in [2.05, 4.69) is 54.6 Å². The molecule has 9 heteroatoms.